The van der Waals surface area contributed by atoms with Crippen molar-refractivity contribution in [1.29, 1.82) is 0 Å². The van der Waals surface area contributed by atoms with Gasteiger partial charge in [0, 0.05) is 6.07 Å². The fourth-order valence-corrected chi connectivity index (χ4v) is 2.31. The molecule has 0 aromatic heterocycles. The highest BCUT2D eigenvalue weighted by atomic mass is 19.1. The molecule has 0 spiro atoms. The number of halogens is 2. The third-order valence-electron chi connectivity index (χ3n) is 3.25. The Morgan fingerprint density at radius 2 is 1.73 bits per heavy atom. The van der Waals surface area contributed by atoms with Gasteiger partial charge >= 0.3 is 0 Å². The van der Waals surface area contributed by atoms with E-state index in [1.165, 1.54) is 6.07 Å². The van der Waals surface area contributed by atoms with Gasteiger partial charge in [0.05, 0.1) is 0 Å². The predicted molar refractivity (Wildman–Crippen MR) is 56.4 cm³/mol. The summed E-state index contributed by atoms with van der Waals surface area (Å²) in [5.74, 6) is -0.141. The second kappa shape index (κ2) is 4.30. The zero-order valence-corrected chi connectivity index (χ0v) is 8.68. The number of hydrogen-bond donors (Lipinski definition) is 0. The van der Waals surface area contributed by atoms with E-state index < -0.39 is 11.6 Å². The van der Waals surface area contributed by atoms with Crippen LogP contribution in [0, 0.1) is 24.5 Å². The summed E-state index contributed by atoms with van der Waals surface area (Å²) >= 11 is 0. The molecule has 2 rings (SSSR count). The van der Waals surface area contributed by atoms with E-state index in [0.717, 1.165) is 31.7 Å². The summed E-state index contributed by atoms with van der Waals surface area (Å²) in [4.78, 5) is 0. The van der Waals surface area contributed by atoms with Crippen LogP contribution in [0.1, 0.15) is 37.2 Å². The molecule has 1 radical (unpaired) electrons. The maximum Gasteiger partial charge on any atom is 0.129 e. The van der Waals surface area contributed by atoms with Crippen molar-refractivity contribution in [3.63, 3.8) is 0 Å². The molecule has 0 nitrogen and oxygen atoms in total. The first-order chi connectivity index (χ1) is 7.16. The third kappa shape index (κ3) is 2.36. The van der Waals surface area contributed by atoms with Crippen LogP contribution in [0.15, 0.2) is 18.2 Å². The molecule has 1 aliphatic carbocycles. The van der Waals surface area contributed by atoms with Crippen LogP contribution in [0.4, 0.5) is 8.78 Å². The van der Waals surface area contributed by atoms with Crippen molar-refractivity contribution in [2.45, 2.75) is 31.6 Å². The van der Waals surface area contributed by atoms with Crippen LogP contribution in [0.5, 0.6) is 0 Å². The normalized spacial score (nSPS) is 26.6. The minimum Gasteiger partial charge on any atom is -0.207 e. The molecule has 0 heterocycles. The number of rotatable bonds is 1. The van der Waals surface area contributed by atoms with Crippen molar-refractivity contribution in [2.24, 2.45) is 5.92 Å². The standard InChI is InChI=1S/C13H15F2/c1-9-2-4-10(5-3-9)12-7-6-11(14)8-13(12)15/h6-10H,1-5H2. The van der Waals surface area contributed by atoms with Gasteiger partial charge in [-0.25, -0.2) is 8.78 Å². The highest BCUT2D eigenvalue weighted by Gasteiger charge is 2.22. The minimum atomic E-state index is -0.498. The van der Waals surface area contributed by atoms with Gasteiger partial charge < -0.3 is 0 Å². The topological polar surface area (TPSA) is 0 Å². The smallest absolute Gasteiger partial charge is 0.129 e. The Hall–Kier alpha value is -0.920. The van der Waals surface area contributed by atoms with Crippen LogP contribution in [-0.4, -0.2) is 0 Å². The Labute approximate surface area is 89.3 Å². The summed E-state index contributed by atoms with van der Waals surface area (Å²) < 4.78 is 26.2. The van der Waals surface area contributed by atoms with Gasteiger partial charge in [-0.3, -0.25) is 0 Å². The average Bonchev–Trinajstić information content (AvgIpc) is 2.20. The van der Waals surface area contributed by atoms with Crippen molar-refractivity contribution in [2.75, 3.05) is 0 Å². The first-order valence-electron chi connectivity index (χ1n) is 5.45. The third-order valence-corrected chi connectivity index (χ3v) is 3.25. The molecule has 1 aliphatic rings. The molecular formula is C13H15F2. The predicted octanol–water partition coefficient (Wildman–Crippen LogP) is 4.07. The Morgan fingerprint density at radius 1 is 1.07 bits per heavy atom. The number of benzene rings is 1. The molecule has 1 aromatic carbocycles. The lowest BCUT2D eigenvalue weighted by atomic mass is 9.79. The summed E-state index contributed by atoms with van der Waals surface area (Å²) in [5.41, 5.74) is 0.670. The molecule has 0 unspecified atom stereocenters. The Morgan fingerprint density at radius 3 is 2.33 bits per heavy atom. The van der Waals surface area contributed by atoms with Gasteiger partial charge in [-0.15, -0.1) is 0 Å². The van der Waals surface area contributed by atoms with Crippen LogP contribution < -0.4 is 0 Å². The van der Waals surface area contributed by atoms with Crippen LogP contribution >= 0.6 is 0 Å². The summed E-state index contributed by atoms with van der Waals surface area (Å²) in [6, 6.07) is 3.90. The molecule has 81 valence electrons. The SMILES string of the molecule is [CH2]C1CCC(c2ccc(F)cc2F)CC1. The Bertz CT molecular complexity index is 338. The summed E-state index contributed by atoms with van der Waals surface area (Å²) in [6.45, 7) is 4.01. The van der Waals surface area contributed by atoms with Crippen LogP contribution in [0.3, 0.4) is 0 Å². The maximum absolute atomic E-state index is 13.5. The summed E-state index contributed by atoms with van der Waals surface area (Å²) in [5, 5.41) is 0. The lowest BCUT2D eigenvalue weighted by Gasteiger charge is -2.26. The van der Waals surface area contributed by atoms with E-state index >= 15 is 0 Å². The van der Waals surface area contributed by atoms with E-state index in [1.54, 1.807) is 6.07 Å². The van der Waals surface area contributed by atoms with Crippen molar-refractivity contribution < 1.29 is 8.78 Å². The Kier molecular flexibility index (Phi) is 3.03. The van der Waals surface area contributed by atoms with E-state index in [2.05, 4.69) is 6.92 Å². The monoisotopic (exact) mass is 209 g/mol. The lowest BCUT2D eigenvalue weighted by Crippen LogP contribution is -2.12. The Balaban J connectivity index is 2.15. The lowest BCUT2D eigenvalue weighted by molar-refractivity contribution is 0.366. The largest absolute Gasteiger partial charge is 0.207 e. The second-order valence-electron chi connectivity index (χ2n) is 4.38. The molecule has 0 N–H and O–H groups in total. The van der Waals surface area contributed by atoms with E-state index in [-0.39, 0.29) is 5.92 Å². The van der Waals surface area contributed by atoms with E-state index in [9.17, 15) is 8.78 Å². The first-order valence-corrected chi connectivity index (χ1v) is 5.45. The molecule has 15 heavy (non-hydrogen) atoms. The zero-order valence-electron chi connectivity index (χ0n) is 8.68. The van der Waals surface area contributed by atoms with Gasteiger partial charge in [0.2, 0.25) is 0 Å². The fourth-order valence-electron chi connectivity index (χ4n) is 2.31. The van der Waals surface area contributed by atoms with Crippen molar-refractivity contribution >= 4 is 0 Å². The molecule has 2 heteroatoms. The average molecular weight is 209 g/mol. The molecule has 0 saturated heterocycles. The molecule has 0 amide bonds. The van der Waals surface area contributed by atoms with Crippen LogP contribution in [0.25, 0.3) is 0 Å². The highest BCUT2D eigenvalue weighted by Crippen LogP contribution is 2.36. The fraction of sp³-hybridized carbons (Fsp3) is 0.462. The summed E-state index contributed by atoms with van der Waals surface area (Å²) in [6.07, 6.45) is 4.02. The van der Waals surface area contributed by atoms with Crippen molar-refractivity contribution in [1.82, 2.24) is 0 Å². The minimum absolute atomic E-state index is 0.253. The molecule has 0 aliphatic heterocycles. The molecule has 1 fully saturated rings. The second-order valence-corrected chi connectivity index (χ2v) is 4.38. The zero-order chi connectivity index (χ0) is 10.8. The molecular weight excluding hydrogens is 194 g/mol. The van der Waals surface area contributed by atoms with E-state index in [0.29, 0.717) is 11.5 Å². The summed E-state index contributed by atoms with van der Waals surface area (Å²) in [7, 11) is 0. The van der Waals surface area contributed by atoms with Gasteiger partial charge in [-0.1, -0.05) is 13.0 Å². The molecule has 1 aromatic rings. The van der Waals surface area contributed by atoms with Crippen LogP contribution in [-0.2, 0) is 0 Å². The van der Waals surface area contributed by atoms with Gasteiger partial charge in [0.1, 0.15) is 11.6 Å². The maximum atomic E-state index is 13.5. The van der Waals surface area contributed by atoms with Crippen molar-refractivity contribution in [3.05, 3.63) is 42.3 Å². The molecule has 0 bridgehead atoms. The van der Waals surface area contributed by atoms with Gasteiger partial charge in [-0.05, 0) is 49.1 Å². The van der Waals surface area contributed by atoms with Gasteiger partial charge in [0.25, 0.3) is 0 Å². The van der Waals surface area contributed by atoms with Gasteiger partial charge in [0.15, 0.2) is 0 Å². The van der Waals surface area contributed by atoms with E-state index in [4.69, 9.17) is 0 Å². The highest BCUT2D eigenvalue weighted by molar-refractivity contribution is 5.23. The van der Waals surface area contributed by atoms with Gasteiger partial charge in [-0.2, -0.15) is 0 Å². The van der Waals surface area contributed by atoms with E-state index in [1.807, 2.05) is 0 Å². The quantitative estimate of drug-likeness (QED) is 0.654. The number of hydrogen-bond acceptors (Lipinski definition) is 0. The van der Waals surface area contributed by atoms with Crippen LogP contribution in [0.2, 0.25) is 0 Å². The molecule has 0 atom stereocenters. The van der Waals surface area contributed by atoms with Crippen molar-refractivity contribution in [3.8, 4) is 0 Å². The first kappa shape index (κ1) is 10.6. The molecule has 1 saturated carbocycles.